The fourth-order valence-electron chi connectivity index (χ4n) is 5.91. The Morgan fingerprint density at radius 3 is 2.26 bits per heavy atom. The van der Waals surface area contributed by atoms with Crippen LogP contribution >= 0.6 is 12.2 Å². The summed E-state index contributed by atoms with van der Waals surface area (Å²) in [7, 11) is 1.65. The monoisotopic (exact) mass is 590 g/mol. The molecule has 3 aromatic carbocycles. The van der Waals surface area contributed by atoms with Gasteiger partial charge in [0.2, 0.25) is 6.79 Å². The van der Waals surface area contributed by atoms with E-state index in [9.17, 15) is 0 Å². The Morgan fingerprint density at radius 2 is 1.53 bits per heavy atom. The third kappa shape index (κ3) is 4.91. The number of benzene rings is 3. The zero-order valence-electron chi connectivity index (χ0n) is 24.0. The fraction of sp³-hybridized carbons (Fsp3) is 0.176. The molecule has 0 aliphatic carbocycles. The molecule has 5 aromatic rings. The highest BCUT2D eigenvalue weighted by molar-refractivity contribution is 7.80. The summed E-state index contributed by atoms with van der Waals surface area (Å²) in [6.45, 7) is 4.50. The van der Waals surface area contributed by atoms with Crippen LogP contribution in [0.2, 0.25) is 0 Å². The maximum Gasteiger partial charge on any atom is 0.231 e. The maximum absolute atomic E-state index is 6.09. The Morgan fingerprint density at radius 1 is 0.837 bits per heavy atom. The van der Waals surface area contributed by atoms with Crippen molar-refractivity contribution >= 4 is 23.0 Å². The molecule has 2 aliphatic rings. The van der Waals surface area contributed by atoms with Gasteiger partial charge in [0, 0.05) is 35.0 Å². The number of nitrogens with one attached hydrogen (secondary N) is 1. The molecule has 2 atom stereocenters. The normalized spacial score (nSPS) is 17.2. The molecule has 1 fully saturated rings. The van der Waals surface area contributed by atoms with Crippen LogP contribution in [0.3, 0.4) is 0 Å². The zero-order chi connectivity index (χ0) is 29.5. The molecule has 2 aromatic heterocycles. The zero-order valence-corrected chi connectivity index (χ0v) is 24.8. The van der Waals surface area contributed by atoms with Crippen molar-refractivity contribution in [3.63, 3.8) is 0 Å². The summed E-state index contributed by atoms with van der Waals surface area (Å²) in [6, 6.07) is 29.5. The first kappa shape index (κ1) is 26.9. The minimum absolute atomic E-state index is 0.148. The van der Waals surface area contributed by atoms with Gasteiger partial charge >= 0.3 is 0 Å². The number of hydrogen-bond donors (Lipinski definition) is 1. The van der Waals surface area contributed by atoms with Crippen molar-refractivity contribution in [1.82, 2.24) is 14.9 Å². The first-order valence-electron chi connectivity index (χ1n) is 14.0. The van der Waals surface area contributed by atoms with Crippen molar-refractivity contribution in [3.8, 4) is 34.4 Å². The number of thiocarbonyl (C=S) groups is 1. The topological polar surface area (TPSA) is 70.0 Å². The van der Waals surface area contributed by atoms with Gasteiger partial charge in [0.15, 0.2) is 16.6 Å². The number of nitrogens with zero attached hydrogens (tertiary/aromatic N) is 3. The van der Waals surface area contributed by atoms with Crippen molar-refractivity contribution < 1.29 is 18.9 Å². The van der Waals surface area contributed by atoms with E-state index in [1.165, 1.54) is 0 Å². The molecule has 0 saturated carbocycles. The number of methoxy groups -OCH3 is 1. The van der Waals surface area contributed by atoms with Gasteiger partial charge in [0.05, 0.1) is 24.9 Å². The van der Waals surface area contributed by atoms with Gasteiger partial charge < -0.3 is 33.7 Å². The second kappa shape index (κ2) is 11.0. The van der Waals surface area contributed by atoms with Gasteiger partial charge in [-0.25, -0.2) is 0 Å². The van der Waals surface area contributed by atoms with Crippen molar-refractivity contribution in [2.75, 3.05) is 18.8 Å². The quantitative estimate of drug-likeness (QED) is 0.200. The Bertz CT molecular complexity index is 1790. The van der Waals surface area contributed by atoms with E-state index >= 15 is 0 Å². The first-order chi connectivity index (χ1) is 21.0. The standard InChI is InChI=1S/C34H30N4O4S/c1-21-18-28(22(2)37(21)24-9-16-30-31(19-24)41-20-40-30)33-32(29-6-4-5-17-35-29)36-34(43)38(33)23-7-10-26(11-8-23)42-27-14-12-25(39-3)13-15-27/h4-19,32-33H,20H2,1-3H3,(H,36,43)/t32-,33-/m1/s1. The van der Waals surface area contributed by atoms with E-state index in [2.05, 4.69) is 40.8 Å². The molecule has 9 heteroatoms. The van der Waals surface area contributed by atoms with Crippen LogP contribution in [0.15, 0.2) is 97.2 Å². The highest BCUT2D eigenvalue weighted by atomic mass is 32.1. The van der Waals surface area contributed by atoms with Gasteiger partial charge in [-0.1, -0.05) is 6.07 Å². The van der Waals surface area contributed by atoms with Crippen LogP contribution in [0.4, 0.5) is 5.69 Å². The molecule has 0 unspecified atom stereocenters. The number of pyridine rings is 1. The molecule has 8 nitrogen and oxygen atoms in total. The second-order valence-corrected chi connectivity index (χ2v) is 10.9. The lowest BCUT2D eigenvalue weighted by molar-refractivity contribution is 0.174. The van der Waals surface area contributed by atoms with E-state index in [4.69, 9.17) is 36.1 Å². The van der Waals surface area contributed by atoms with Crippen LogP contribution in [-0.4, -0.2) is 28.6 Å². The summed E-state index contributed by atoms with van der Waals surface area (Å²) >= 11 is 5.98. The van der Waals surface area contributed by atoms with E-state index in [0.29, 0.717) is 5.11 Å². The van der Waals surface area contributed by atoms with Gasteiger partial charge in [0.25, 0.3) is 0 Å². The lowest BCUT2D eigenvalue weighted by Gasteiger charge is -2.28. The minimum atomic E-state index is -0.158. The molecule has 0 radical (unpaired) electrons. The van der Waals surface area contributed by atoms with Gasteiger partial charge in [-0.3, -0.25) is 4.98 Å². The summed E-state index contributed by atoms with van der Waals surface area (Å²) in [5.41, 5.74) is 6.25. The lowest BCUT2D eigenvalue weighted by atomic mass is 9.96. The average Bonchev–Trinajstić information content (AvgIpc) is 3.72. The number of fused-ring (bicyclic) bond motifs is 1. The Hall–Kier alpha value is -5.02. The summed E-state index contributed by atoms with van der Waals surface area (Å²) in [6.07, 6.45) is 1.82. The molecule has 0 amide bonds. The molecular formula is C34H30N4O4S. The van der Waals surface area contributed by atoms with E-state index in [1.54, 1.807) is 7.11 Å². The van der Waals surface area contributed by atoms with Crippen molar-refractivity contribution in [1.29, 1.82) is 0 Å². The summed E-state index contributed by atoms with van der Waals surface area (Å²) in [5.74, 6) is 3.75. The Balaban J connectivity index is 1.26. The number of hydrogen-bond acceptors (Lipinski definition) is 6. The Kier molecular flexibility index (Phi) is 6.87. The molecule has 43 heavy (non-hydrogen) atoms. The molecule has 1 saturated heterocycles. The molecule has 4 heterocycles. The van der Waals surface area contributed by atoms with Crippen LogP contribution in [0, 0.1) is 13.8 Å². The van der Waals surface area contributed by atoms with Gasteiger partial charge in [-0.05, 0) is 110 Å². The number of aromatic nitrogens is 2. The van der Waals surface area contributed by atoms with Crippen molar-refractivity contribution in [2.24, 2.45) is 0 Å². The van der Waals surface area contributed by atoms with Gasteiger partial charge in [0.1, 0.15) is 17.2 Å². The van der Waals surface area contributed by atoms with E-state index < -0.39 is 0 Å². The van der Waals surface area contributed by atoms with Crippen molar-refractivity contribution in [2.45, 2.75) is 25.9 Å². The van der Waals surface area contributed by atoms with Crippen LogP contribution in [-0.2, 0) is 0 Å². The molecule has 0 spiro atoms. The first-order valence-corrected chi connectivity index (χ1v) is 14.4. The van der Waals surface area contributed by atoms with Crippen LogP contribution < -0.4 is 29.2 Å². The third-order valence-corrected chi connectivity index (χ3v) is 8.23. The summed E-state index contributed by atoms with van der Waals surface area (Å²) < 4.78 is 24.8. The molecule has 1 N–H and O–H groups in total. The third-order valence-electron chi connectivity index (χ3n) is 7.91. The predicted molar refractivity (Wildman–Crippen MR) is 169 cm³/mol. The average molecular weight is 591 g/mol. The number of rotatable bonds is 7. The number of ether oxygens (including phenoxy) is 4. The van der Waals surface area contributed by atoms with E-state index in [0.717, 1.165) is 62.8 Å². The summed E-state index contributed by atoms with van der Waals surface area (Å²) in [5, 5.41) is 4.20. The van der Waals surface area contributed by atoms with Gasteiger partial charge in [-0.2, -0.15) is 0 Å². The molecule has 2 aliphatic heterocycles. The van der Waals surface area contributed by atoms with Crippen LogP contribution in [0.1, 0.15) is 34.7 Å². The number of anilines is 1. The Labute approximate surface area is 255 Å². The molecular weight excluding hydrogens is 560 g/mol. The molecule has 216 valence electrons. The highest BCUT2D eigenvalue weighted by Crippen LogP contribution is 2.44. The summed E-state index contributed by atoms with van der Waals surface area (Å²) in [4.78, 5) is 6.89. The highest BCUT2D eigenvalue weighted by Gasteiger charge is 2.42. The van der Waals surface area contributed by atoms with Crippen LogP contribution in [0.5, 0.6) is 28.7 Å². The maximum atomic E-state index is 6.09. The van der Waals surface area contributed by atoms with Crippen molar-refractivity contribution in [3.05, 3.63) is 120 Å². The largest absolute Gasteiger partial charge is 0.497 e. The number of aryl methyl sites for hydroxylation is 1. The lowest BCUT2D eigenvalue weighted by Crippen LogP contribution is -2.29. The minimum Gasteiger partial charge on any atom is -0.497 e. The van der Waals surface area contributed by atoms with E-state index in [1.807, 2.05) is 85.1 Å². The van der Waals surface area contributed by atoms with E-state index in [-0.39, 0.29) is 18.9 Å². The van der Waals surface area contributed by atoms with Crippen LogP contribution in [0.25, 0.3) is 5.69 Å². The smallest absolute Gasteiger partial charge is 0.231 e. The molecule has 0 bridgehead atoms. The molecule has 7 rings (SSSR count). The SMILES string of the molecule is COc1ccc(Oc2ccc(N3C(=S)N[C@H](c4ccccn4)[C@H]3c3cc(C)n(-c4ccc5c(c4)OCO5)c3C)cc2)cc1. The van der Waals surface area contributed by atoms with Gasteiger partial charge in [-0.15, -0.1) is 0 Å². The predicted octanol–water partition coefficient (Wildman–Crippen LogP) is 7.20. The fourth-order valence-corrected chi connectivity index (χ4v) is 6.26. The second-order valence-electron chi connectivity index (χ2n) is 10.5.